The maximum atomic E-state index is 5.66. The third-order valence-electron chi connectivity index (χ3n) is 1.28. The highest BCUT2D eigenvalue weighted by atomic mass is 35.5. The summed E-state index contributed by atoms with van der Waals surface area (Å²) in [4.78, 5) is 4.06. The molecule has 11 heavy (non-hydrogen) atoms. The van der Waals surface area contributed by atoms with Crippen LogP contribution in [0.15, 0.2) is 23.7 Å². The van der Waals surface area contributed by atoms with Gasteiger partial charge in [0.1, 0.15) is 5.15 Å². The molecule has 0 radical (unpaired) electrons. The van der Waals surface area contributed by atoms with Gasteiger partial charge in [0.05, 0.1) is 5.69 Å². The topological polar surface area (TPSA) is 12.9 Å². The largest absolute Gasteiger partial charge is 0.236 e. The molecule has 0 aliphatic heterocycles. The van der Waals surface area contributed by atoms with E-state index in [0.29, 0.717) is 5.15 Å². The zero-order valence-corrected chi connectivity index (χ0v) is 7.52. The number of nitrogens with zero attached hydrogens (tertiary/aromatic N) is 1. The van der Waals surface area contributed by atoms with E-state index < -0.39 is 0 Å². The number of aromatic nitrogens is 1. The van der Waals surface area contributed by atoms with E-state index in [0.717, 1.165) is 11.3 Å². The Morgan fingerprint density at radius 2 is 2.27 bits per heavy atom. The van der Waals surface area contributed by atoms with E-state index in [2.05, 4.69) is 4.98 Å². The molecular weight excluding hydrogens is 181 g/mol. The first-order valence-electron chi connectivity index (χ1n) is 3.14. The van der Waals surface area contributed by atoms with Crippen LogP contribution in [0.25, 0.3) is 5.57 Å². The molecular formula is C8H7Cl2N. The molecule has 0 atom stereocenters. The van der Waals surface area contributed by atoms with E-state index >= 15 is 0 Å². The van der Waals surface area contributed by atoms with Crippen molar-refractivity contribution in [3.63, 3.8) is 0 Å². The van der Waals surface area contributed by atoms with E-state index in [9.17, 15) is 0 Å². The Bertz CT molecular complexity index is 281. The zero-order chi connectivity index (χ0) is 8.27. The summed E-state index contributed by atoms with van der Waals surface area (Å²) in [5, 5.41) is 0.486. The molecule has 1 rings (SSSR count). The van der Waals surface area contributed by atoms with Crippen molar-refractivity contribution in [3.05, 3.63) is 34.6 Å². The van der Waals surface area contributed by atoms with Crippen molar-refractivity contribution in [3.8, 4) is 0 Å². The summed E-state index contributed by atoms with van der Waals surface area (Å²) in [6, 6.07) is 5.43. The van der Waals surface area contributed by atoms with Gasteiger partial charge in [-0.15, -0.1) is 0 Å². The van der Waals surface area contributed by atoms with Crippen LogP contribution in [0.2, 0.25) is 5.15 Å². The fourth-order valence-corrected chi connectivity index (χ4v) is 0.959. The lowest BCUT2D eigenvalue weighted by Gasteiger charge is -1.97. The number of rotatable bonds is 1. The molecule has 1 aromatic heterocycles. The van der Waals surface area contributed by atoms with Crippen LogP contribution in [0.5, 0.6) is 0 Å². The third kappa shape index (κ3) is 2.21. The molecule has 0 amide bonds. The first-order chi connectivity index (χ1) is 5.24. The van der Waals surface area contributed by atoms with Gasteiger partial charge in [-0.2, -0.15) is 0 Å². The molecule has 0 aromatic carbocycles. The third-order valence-corrected chi connectivity index (χ3v) is 1.82. The molecule has 0 bridgehead atoms. The van der Waals surface area contributed by atoms with Crippen molar-refractivity contribution in [2.24, 2.45) is 0 Å². The average Bonchev–Trinajstić information content (AvgIpc) is 2.03. The molecule has 58 valence electrons. The van der Waals surface area contributed by atoms with Gasteiger partial charge in [0, 0.05) is 5.54 Å². The zero-order valence-electron chi connectivity index (χ0n) is 6.01. The number of hydrogen-bond acceptors (Lipinski definition) is 1. The van der Waals surface area contributed by atoms with Crippen LogP contribution in [0.4, 0.5) is 0 Å². The molecule has 0 saturated heterocycles. The minimum atomic E-state index is 0.486. The van der Waals surface area contributed by atoms with Crippen LogP contribution in [0.3, 0.4) is 0 Å². The Morgan fingerprint density at radius 3 is 2.82 bits per heavy atom. The van der Waals surface area contributed by atoms with Crippen LogP contribution in [0.1, 0.15) is 12.6 Å². The van der Waals surface area contributed by atoms with Crippen LogP contribution in [-0.4, -0.2) is 4.98 Å². The molecule has 1 aromatic rings. The molecule has 0 aliphatic rings. The molecule has 0 aliphatic carbocycles. The van der Waals surface area contributed by atoms with Crippen LogP contribution >= 0.6 is 23.2 Å². The highest BCUT2D eigenvalue weighted by molar-refractivity contribution is 6.29. The van der Waals surface area contributed by atoms with E-state index in [4.69, 9.17) is 23.2 Å². The number of halogens is 2. The predicted octanol–water partition coefficient (Wildman–Crippen LogP) is 3.33. The van der Waals surface area contributed by atoms with Gasteiger partial charge < -0.3 is 0 Å². The van der Waals surface area contributed by atoms with Gasteiger partial charge in [0.2, 0.25) is 0 Å². The molecule has 0 spiro atoms. The highest BCUT2D eigenvalue weighted by Crippen LogP contribution is 2.14. The summed E-state index contributed by atoms with van der Waals surface area (Å²) < 4.78 is 0. The monoisotopic (exact) mass is 187 g/mol. The second-order valence-electron chi connectivity index (χ2n) is 2.14. The van der Waals surface area contributed by atoms with Gasteiger partial charge >= 0.3 is 0 Å². The fourth-order valence-electron chi connectivity index (χ4n) is 0.684. The minimum absolute atomic E-state index is 0.486. The number of allylic oxidation sites excluding steroid dienone is 1. The summed E-state index contributed by atoms with van der Waals surface area (Å²) in [5.74, 6) is 0. The highest BCUT2D eigenvalue weighted by Gasteiger charge is 1.95. The predicted molar refractivity (Wildman–Crippen MR) is 48.8 cm³/mol. The second kappa shape index (κ2) is 3.74. The molecule has 1 heterocycles. The Hall–Kier alpha value is -0.530. The second-order valence-corrected chi connectivity index (χ2v) is 2.74. The maximum absolute atomic E-state index is 5.66. The van der Waals surface area contributed by atoms with E-state index in [1.807, 2.05) is 19.1 Å². The lowest BCUT2D eigenvalue weighted by atomic mass is 10.2. The van der Waals surface area contributed by atoms with Crippen molar-refractivity contribution in [2.75, 3.05) is 0 Å². The van der Waals surface area contributed by atoms with Crippen molar-refractivity contribution in [2.45, 2.75) is 6.92 Å². The lowest BCUT2D eigenvalue weighted by molar-refractivity contribution is 1.27. The summed E-state index contributed by atoms with van der Waals surface area (Å²) in [7, 11) is 0. The van der Waals surface area contributed by atoms with Crippen molar-refractivity contribution in [1.29, 1.82) is 0 Å². The van der Waals surface area contributed by atoms with Gasteiger partial charge in [0.25, 0.3) is 0 Å². The summed E-state index contributed by atoms with van der Waals surface area (Å²) >= 11 is 11.2. The normalized spacial score (nSPS) is 11.7. The lowest BCUT2D eigenvalue weighted by Crippen LogP contribution is -1.84. The summed E-state index contributed by atoms with van der Waals surface area (Å²) in [6.45, 7) is 1.88. The molecule has 0 N–H and O–H groups in total. The Labute approximate surface area is 75.7 Å². The van der Waals surface area contributed by atoms with Gasteiger partial charge in [0.15, 0.2) is 0 Å². The van der Waals surface area contributed by atoms with Gasteiger partial charge in [-0.3, -0.25) is 0 Å². The van der Waals surface area contributed by atoms with E-state index in [1.54, 1.807) is 6.07 Å². The maximum Gasteiger partial charge on any atom is 0.129 e. The molecule has 1 nitrogen and oxygen atoms in total. The first-order valence-corrected chi connectivity index (χ1v) is 3.95. The van der Waals surface area contributed by atoms with Crippen molar-refractivity contribution >= 4 is 28.8 Å². The molecule has 3 heteroatoms. The SMILES string of the molecule is CC(=CCl)c1cccc(Cl)n1. The minimum Gasteiger partial charge on any atom is -0.236 e. The van der Waals surface area contributed by atoms with E-state index in [-0.39, 0.29) is 0 Å². The average molecular weight is 188 g/mol. The van der Waals surface area contributed by atoms with Crippen LogP contribution in [0, 0.1) is 0 Å². The van der Waals surface area contributed by atoms with Crippen molar-refractivity contribution in [1.82, 2.24) is 4.98 Å². The quantitative estimate of drug-likeness (QED) is 0.616. The smallest absolute Gasteiger partial charge is 0.129 e. The standard InChI is InChI=1S/C8H7Cl2N/c1-6(5-9)7-3-2-4-8(10)11-7/h2-5H,1H3. The summed E-state index contributed by atoms with van der Waals surface area (Å²) in [5.41, 5.74) is 3.21. The van der Waals surface area contributed by atoms with Gasteiger partial charge in [-0.1, -0.05) is 29.3 Å². The number of hydrogen-bond donors (Lipinski definition) is 0. The van der Waals surface area contributed by atoms with Gasteiger partial charge in [-0.25, -0.2) is 4.98 Å². The summed E-state index contributed by atoms with van der Waals surface area (Å²) in [6.07, 6.45) is 0. The van der Waals surface area contributed by atoms with Crippen LogP contribution in [-0.2, 0) is 0 Å². The molecule has 0 saturated carbocycles. The molecule has 0 unspecified atom stereocenters. The van der Waals surface area contributed by atoms with Gasteiger partial charge in [-0.05, 0) is 24.6 Å². The van der Waals surface area contributed by atoms with E-state index in [1.165, 1.54) is 5.54 Å². The number of pyridine rings is 1. The molecule has 0 fully saturated rings. The van der Waals surface area contributed by atoms with Crippen LogP contribution < -0.4 is 0 Å². The van der Waals surface area contributed by atoms with Crippen molar-refractivity contribution < 1.29 is 0 Å². The Balaban J connectivity index is 3.06. The Morgan fingerprint density at radius 1 is 1.55 bits per heavy atom. The Kier molecular flexibility index (Phi) is 2.92. The first kappa shape index (κ1) is 8.57. The fraction of sp³-hybridized carbons (Fsp3) is 0.125.